The number of esters is 1. The number of aromatic nitrogens is 2. The van der Waals surface area contributed by atoms with Gasteiger partial charge < -0.3 is 9.15 Å². The smallest absolute Gasteiger partial charge is 0.318 e. The third kappa shape index (κ3) is 4.26. The van der Waals surface area contributed by atoms with Crippen molar-refractivity contribution in [3.63, 3.8) is 0 Å². The first-order valence-electron chi connectivity index (χ1n) is 6.58. The second-order valence-electron chi connectivity index (χ2n) is 5.71. The van der Waals surface area contributed by atoms with Crippen LogP contribution < -0.4 is 0 Å². The lowest BCUT2D eigenvalue weighted by molar-refractivity contribution is -0.156. The highest BCUT2D eigenvalue weighted by Crippen LogP contribution is 2.24. The Morgan fingerprint density at radius 1 is 1.33 bits per heavy atom. The van der Waals surface area contributed by atoms with Crippen LogP contribution in [0.15, 0.2) is 28.7 Å². The average Bonchev–Trinajstić information content (AvgIpc) is 2.85. The van der Waals surface area contributed by atoms with Crippen molar-refractivity contribution in [1.82, 2.24) is 10.2 Å². The summed E-state index contributed by atoms with van der Waals surface area (Å²) in [5.41, 5.74) is 0.293. The number of ether oxygens (including phenoxy) is 1. The monoisotopic (exact) mass is 400 g/mol. The predicted molar refractivity (Wildman–Crippen MR) is 86.7 cm³/mol. The summed E-state index contributed by atoms with van der Waals surface area (Å²) in [6, 6.07) is 7.72. The Labute approximate surface area is 137 Å². The molecule has 5 nitrogen and oxygen atoms in total. The second-order valence-corrected chi connectivity index (χ2v) is 6.96. The third-order valence-electron chi connectivity index (χ3n) is 2.64. The molecular weight excluding hydrogens is 383 g/mol. The summed E-state index contributed by atoms with van der Waals surface area (Å²) >= 11 is 2.21. The molecule has 1 aromatic heterocycles. The van der Waals surface area contributed by atoms with Crippen LogP contribution in [-0.4, -0.2) is 21.8 Å². The minimum atomic E-state index is -0.590. The fourth-order valence-corrected chi connectivity index (χ4v) is 2.18. The van der Waals surface area contributed by atoms with E-state index in [0.29, 0.717) is 5.89 Å². The summed E-state index contributed by atoms with van der Waals surface area (Å²) in [6.45, 7) is 7.16. The molecule has 0 saturated heterocycles. The van der Waals surface area contributed by atoms with E-state index >= 15 is 0 Å². The standard InChI is InChI=1S/C15H17IN2O3/c1-9(14(19)21-15(2,3)4)12-17-18-13(20-12)10-6-5-7-11(16)8-10/h5-9H,1-4H3. The van der Waals surface area contributed by atoms with Gasteiger partial charge in [0.1, 0.15) is 11.5 Å². The van der Waals surface area contributed by atoms with E-state index in [9.17, 15) is 4.79 Å². The Morgan fingerprint density at radius 2 is 2.05 bits per heavy atom. The largest absolute Gasteiger partial charge is 0.459 e. The normalized spacial score (nSPS) is 13.0. The number of carbonyl (C=O) groups excluding carboxylic acids is 1. The molecule has 112 valence electrons. The first-order valence-corrected chi connectivity index (χ1v) is 7.66. The van der Waals surface area contributed by atoms with Gasteiger partial charge >= 0.3 is 5.97 Å². The molecule has 0 aliphatic carbocycles. The molecule has 0 amide bonds. The molecule has 2 rings (SSSR count). The number of rotatable bonds is 3. The van der Waals surface area contributed by atoms with Crippen LogP contribution in [0.25, 0.3) is 11.5 Å². The van der Waals surface area contributed by atoms with Crippen LogP contribution in [0, 0.1) is 3.57 Å². The van der Waals surface area contributed by atoms with Gasteiger partial charge in [-0.2, -0.15) is 0 Å². The predicted octanol–water partition coefficient (Wildman–Crippen LogP) is 3.79. The lowest BCUT2D eigenvalue weighted by Crippen LogP contribution is -2.26. The SMILES string of the molecule is CC(C(=O)OC(C)(C)C)c1nnc(-c2cccc(I)c2)o1. The molecule has 1 atom stereocenters. The van der Waals surface area contributed by atoms with Gasteiger partial charge in [-0.3, -0.25) is 4.79 Å². The van der Waals surface area contributed by atoms with Gasteiger partial charge in [-0.05, 0) is 68.5 Å². The van der Waals surface area contributed by atoms with Crippen molar-refractivity contribution in [3.05, 3.63) is 33.7 Å². The maximum absolute atomic E-state index is 12.0. The van der Waals surface area contributed by atoms with Crippen molar-refractivity contribution >= 4 is 28.6 Å². The molecule has 0 aliphatic rings. The molecule has 1 aromatic carbocycles. The molecule has 1 unspecified atom stereocenters. The lowest BCUT2D eigenvalue weighted by Gasteiger charge is -2.20. The molecule has 0 saturated carbocycles. The molecular formula is C15H17IN2O3. The molecule has 21 heavy (non-hydrogen) atoms. The molecule has 0 fully saturated rings. The molecule has 2 aromatic rings. The molecule has 0 radical (unpaired) electrons. The summed E-state index contributed by atoms with van der Waals surface area (Å²) in [5.74, 6) is -0.300. The van der Waals surface area contributed by atoms with E-state index in [0.717, 1.165) is 9.13 Å². The summed E-state index contributed by atoms with van der Waals surface area (Å²) in [6.07, 6.45) is 0. The summed E-state index contributed by atoms with van der Waals surface area (Å²) in [4.78, 5) is 12.0. The van der Waals surface area contributed by atoms with Crippen molar-refractivity contribution in [2.45, 2.75) is 39.2 Å². The summed E-state index contributed by atoms with van der Waals surface area (Å²) in [5, 5.41) is 7.95. The van der Waals surface area contributed by atoms with Gasteiger partial charge in [-0.1, -0.05) is 6.07 Å². The number of hydrogen-bond donors (Lipinski definition) is 0. The van der Waals surface area contributed by atoms with Gasteiger partial charge in [0.25, 0.3) is 0 Å². The fraction of sp³-hybridized carbons (Fsp3) is 0.400. The lowest BCUT2D eigenvalue weighted by atomic mass is 10.1. The zero-order valence-electron chi connectivity index (χ0n) is 12.4. The van der Waals surface area contributed by atoms with E-state index in [1.54, 1.807) is 6.92 Å². The van der Waals surface area contributed by atoms with Crippen molar-refractivity contribution in [2.24, 2.45) is 0 Å². The molecule has 0 bridgehead atoms. The first-order chi connectivity index (χ1) is 9.76. The van der Waals surface area contributed by atoms with E-state index in [1.165, 1.54) is 0 Å². The maximum atomic E-state index is 12.0. The van der Waals surface area contributed by atoms with Gasteiger partial charge in [0, 0.05) is 9.13 Å². The van der Waals surface area contributed by atoms with Crippen LogP contribution in [0.1, 0.15) is 39.5 Å². The molecule has 1 heterocycles. The highest BCUT2D eigenvalue weighted by Gasteiger charge is 2.27. The number of carbonyl (C=O) groups is 1. The van der Waals surface area contributed by atoms with Crippen molar-refractivity contribution in [1.29, 1.82) is 0 Å². The van der Waals surface area contributed by atoms with E-state index in [1.807, 2.05) is 45.0 Å². The summed E-state index contributed by atoms with van der Waals surface area (Å²) < 4.78 is 12.0. The minimum absolute atomic E-state index is 0.262. The summed E-state index contributed by atoms with van der Waals surface area (Å²) in [7, 11) is 0. The van der Waals surface area contributed by atoms with Crippen LogP contribution in [-0.2, 0) is 9.53 Å². The van der Waals surface area contributed by atoms with Crippen LogP contribution in [0.4, 0.5) is 0 Å². The van der Waals surface area contributed by atoms with Crippen LogP contribution in [0.3, 0.4) is 0 Å². The van der Waals surface area contributed by atoms with Crippen molar-refractivity contribution < 1.29 is 13.9 Å². The van der Waals surface area contributed by atoms with E-state index in [-0.39, 0.29) is 11.9 Å². The first kappa shape index (κ1) is 15.9. The zero-order chi connectivity index (χ0) is 15.6. The second kappa shape index (κ2) is 6.13. The van der Waals surface area contributed by atoms with Gasteiger partial charge in [0.2, 0.25) is 11.8 Å². The highest BCUT2D eigenvalue weighted by atomic mass is 127. The zero-order valence-corrected chi connectivity index (χ0v) is 14.5. The molecule has 0 spiro atoms. The Kier molecular flexibility index (Phi) is 4.65. The number of hydrogen-bond acceptors (Lipinski definition) is 5. The minimum Gasteiger partial charge on any atom is -0.459 e. The maximum Gasteiger partial charge on any atom is 0.318 e. The fourth-order valence-electron chi connectivity index (χ4n) is 1.64. The van der Waals surface area contributed by atoms with Crippen LogP contribution in [0.5, 0.6) is 0 Å². The van der Waals surface area contributed by atoms with Crippen LogP contribution >= 0.6 is 22.6 Å². The highest BCUT2D eigenvalue weighted by molar-refractivity contribution is 14.1. The van der Waals surface area contributed by atoms with Crippen LogP contribution in [0.2, 0.25) is 0 Å². The Hall–Kier alpha value is -1.44. The molecule has 0 N–H and O–H groups in total. The van der Waals surface area contributed by atoms with E-state index in [4.69, 9.17) is 9.15 Å². The van der Waals surface area contributed by atoms with Crippen molar-refractivity contribution in [3.8, 4) is 11.5 Å². The number of halogens is 1. The quantitative estimate of drug-likeness (QED) is 0.580. The van der Waals surface area contributed by atoms with Gasteiger partial charge in [0.15, 0.2) is 0 Å². The van der Waals surface area contributed by atoms with E-state index < -0.39 is 11.5 Å². The number of nitrogens with zero attached hydrogens (tertiary/aromatic N) is 2. The molecule has 6 heteroatoms. The van der Waals surface area contributed by atoms with Crippen molar-refractivity contribution in [2.75, 3.05) is 0 Å². The Balaban J connectivity index is 2.18. The average molecular weight is 400 g/mol. The Morgan fingerprint density at radius 3 is 2.67 bits per heavy atom. The molecule has 0 aliphatic heterocycles. The van der Waals surface area contributed by atoms with Gasteiger partial charge in [0.05, 0.1) is 0 Å². The number of benzene rings is 1. The topological polar surface area (TPSA) is 65.2 Å². The Bertz CT molecular complexity index is 646. The third-order valence-corrected chi connectivity index (χ3v) is 3.31. The van der Waals surface area contributed by atoms with Gasteiger partial charge in [-0.25, -0.2) is 0 Å². The van der Waals surface area contributed by atoms with E-state index in [2.05, 4.69) is 32.8 Å². The van der Waals surface area contributed by atoms with Gasteiger partial charge in [-0.15, -0.1) is 10.2 Å².